The van der Waals surface area contributed by atoms with E-state index >= 15 is 0 Å². The molecule has 0 radical (unpaired) electrons. The Morgan fingerprint density at radius 1 is 0.864 bits per heavy atom. The number of fused-ring (bicyclic) bond motifs is 1. The van der Waals surface area contributed by atoms with E-state index in [1.807, 2.05) is 17.7 Å². The Bertz CT molecular complexity index is 835. The van der Waals surface area contributed by atoms with Gasteiger partial charge in [0.2, 0.25) is 5.16 Å². The molecule has 0 saturated heterocycles. The highest BCUT2D eigenvalue weighted by Crippen LogP contribution is 2.25. The van der Waals surface area contributed by atoms with E-state index in [1.54, 1.807) is 11.8 Å². The van der Waals surface area contributed by atoms with E-state index in [1.165, 1.54) is 11.1 Å². The Labute approximate surface area is 132 Å². The Morgan fingerprint density at radius 2 is 1.55 bits per heavy atom. The van der Waals surface area contributed by atoms with Gasteiger partial charge in [0.1, 0.15) is 0 Å². The van der Waals surface area contributed by atoms with Crippen LogP contribution in [0.3, 0.4) is 0 Å². The minimum atomic E-state index is 0.820. The zero-order valence-corrected chi connectivity index (χ0v) is 12.9. The molecule has 2 heterocycles. The number of aryl methyl sites for hydroxylation is 1. The second-order valence-corrected chi connectivity index (χ2v) is 6.06. The monoisotopic (exact) mass is 306 g/mol. The summed E-state index contributed by atoms with van der Waals surface area (Å²) in [5.41, 5.74) is 4.64. The summed E-state index contributed by atoms with van der Waals surface area (Å²) in [5.74, 6) is 1.64. The quantitative estimate of drug-likeness (QED) is 0.726. The first kappa shape index (κ1) is 13.3. The number of nitrogens with zero attached hydrogens (tertiary/aromatic N) is 4. The van der Waals surface area contributed by atoms with Crippen molar-refractivity contribution >= 4 is 17.5 Å². The molecule has 0 bridgehead atoms. The van der Waals surface area contributed by atoms with Crippen LogP contribution < -0.4 is 0 Å². The summed E-state index contributed by atoms with van der Waals surface area (Å²) in [6.07, 6.45) is 0. The third-order valence-corrected chi connectivity index (χ3v) is 4.58. The van der Waals surface area contributed by atoms with Crippen LogP contribution in [-0.4, -0.2) is 26.3 Å². The molecule has 22 heavy (non-hydrogen) atoms. The molecule has 0 unspecified atom stereocenters. The van der Waals surface area contributed by atoms with E-state index in [2.05, 4.69) is 63.8 Å². The van der Waals surface area contributed by atoms with E-state index in [0.29, 0.717) is 0 Å². The maximum Gasteiger partial charge on any atom is 0.212 e. The lowest BCUT2D eigenvalue weighted by atomic mass is 10.0. The van der Waals surface area contributed by atoms with Gasteiger partial charge in [-0.05, 0) is 23.6 Å². The minimum absolute atomic E-state index is 0.820. The fraction of sp³-hybridized carbons (Fsp3) is 0.118. The van der Waals surface area contributed by atoms with Crippen LogP contribution in [0.1, 0.15) is 11.4 Å². The van der Waals surface area contributed by atoms with E-state index in [-0.39, 0.29) is 0 Å². The summed E-state index contributed by atoms with van der Waals surface area (Å²) in [6, 6.07) is 18.9. The lowest BCUT2D eigenvalue weighted by Gasteiger charge is -2.13. The number of benzene rings is 2. The Morgan fingerprint density at radius 3 is 2.32 bits per heavy atom. The van der Waals surface area contributed by atoms with Gasteiger partial charge in [0.05, 0.1) is 5.71 Å². The summed E-state index contributed by atoms with van der Waals surface area (Å²) in [6.45, 7) is 1.92. The van der Waals surface area contributed by atoms with Crippen LogP contribution in [0.2, 0.25) is 0 Å². The average Bonchev–Trinajstić information content (AvgIpc) is 2.96. The van der Waals surface area contributed by atoms with E-state index < -0.39 is 0 Å². The third-order valence-electron chi connectivity index (χ3n) is 3.65. The van der Waals surface area contributed by atoms with Crippen LogP contribution in [0.5, 0.6) is 0 Å². The number of thioether (sulfide) groups is 1. The Kier molecular flexibility index (Phi) is 3.27. The molecule has 4 nitrogen and oxygen atoms in total. The molecule has 108 valence electrons. The molecule has 1 aliphatic heterocycles. The van der Waals surface area contributed by atoms with E-state index in [4.69, 9.17) is 0 Å². The number of hydrogen-bond acceptors (Lipinski definition) is 4. The molecule has 0 amide bonds. The lowest BCUT2D eigenvalue weighted by molar-refractivity contribution is 0.734. The molecule has 0 aliphatic carbocycles. The molecule has 3 aromatic rings. The van der Waals surface area contributed by atoms with Gasteiger partial charge in [0.25, 0.3) is 0 Å². The van der Waals surface area contributed by atoms with Crippen molar-refractivity contribution < 1.29 is 0 Å². The van der Waals surface area contributed by atoms with Gasteiger partial charge in [-0.15, -0.1) is 10.2 Å². The highest BCUT2D eigenvalue weighted by Gasteiger charge is 2.17. The van der Waals surface area contributed by atoms with Crippen molar-refractivity contribution in [3.8, 4) is 11.1 Å². The van der Waals surface area contributed by atoms with Crippen LogP contribution in [0.15, 0.2) is 64.9 Å². The molecule has 0 fully saturated rings. The molecule has 4 rings (SSSR count). The lowest BCUT2D eigenvalue weighted by Crippen LogP contribution is -2.13. The van der Waals surface area contributed by atoms with Gasteiger partial charge < -0.3 is 0 Å². The van der Waals surface area contributed by atoms with Gasteiger partial charge in [-0.25, -0.2) is 0 Å². The highest BCUT2D eigenvalue weighted by atomic mass is 32.2. The predicted molar refractivity (Wildman–Crippen MR) is 89.3 cm³/mol. The summed E-state index contributed by atoms with van der Waals surface area (Å²) in [4.78, 5) is 0. The fourth-order valence-electron chi connectivity index (χ4n) is 2.45. The first-order chi connectivity index (χ1) is 10.8. The van der Waals surface area contributed by atoms with Crippen molar-refractivity contribution in [1.29, 1.82) is 0 Å². The van der Waals surface area contributed by atoms with Crippen molar-refractivity contribution in [2.45, 2.75) is 12.1 Å². The van der Waals surface area contributed by atoms with Crippen LogP contribution in [-0.2, 0) is 0 Å². The maximum atomic E-state index is 4.67. The summed E-state index contributed by atoms with van der Waals surface area (Å²) in [7, 11) is 0. The molecule has 5 heteroatoms. The molecule has 0 N–H and O–H groups in total. The van der Waals surface area contributed by atoms with Crippen LogP contribution in [0.25, 0.3) is 11.1 Å². The normalized spacial score (nSPS) is 13.6. The number of rotatable bonds is 2. The summed E-state index contributed by atoms with van der Waals surface area (Å²) >= 11 is 1.67. The van der Waals surface area contributed by atoms with Crippen molar-refractivity contribution in [3.63, 3.8) is 0 Å². The van der Waals surface area contributed by atoms with Crippen molar-refractivity contribution in [2.75, 3.05) is 5.75 Å². The summed E-state index contributed by atoms with van der Waals surface area (Å²) in [5, 5.41) is 13.7. The Balaban J connectivity index is 1.67. The van der Waals surface area contributed by atoms with Crippen LogP contribution in [0.4, 0.5) is 0 Å². The van der Waals surface area contributed by atoms with Gasteiger partial charge in [-0.2, -0.15) is 9.78 Å². The first-order valence-corrected chi connectivity index (χ1v) is 8.08. The standard InChI is InChI=1S/C17H14N4S/c1-12-18-19-17-21(12)20-16(11-22-17)15-9-7-14(8-10-15)13-5-3-2-4-6-13/h2-10H,11H2,1H3. The predicted octanol–water partition coefficient (Wildman–Crippen LogP) is 3.61. The molecule has 0 saturated carbocycles. The van der Waals surface area contributed by atoms with Gasteiger partial charge in [-0.3, -0.25) is 0 Å². The SMILES string of the molecule is Cc1nnc2n1N=C(c1ccc(-c3ccccc3)cc1)CS2. The topological polar surface area (TPSA) is 43.1 Å². The maximum absolute atomic E-state index is 4.67. The van der Waals surface area contributed by atoms with Crippen molar-refractivity contribution in [2.24, 2.45) is 5.10 Å². The molecular weight excluding hydrogens is 292 g/mol. The zero-order valence-electron chi connectivity index (χ0n) is 12.1. The van der Waals surface area contributed by atoms with Crippen LogP contribution >= 0.6 is 11.8 Å². The van der Waals surface area contributed by atoms with Crippen molar-refractivity contribution in [3.05, 3.63) is 66.0 Å². The van der Waals surface area contributed by atoms with Crippen molar-refractivity contribution in [1.82, 2.24) is 14.9 Å². The molecular formula is C17H14N4S. The molecule has 0 atom stereocenters. The fourth-order valence-corrected chi connectivity index (χ4v) is 3.34. The van der Waals surface area contributed by atoms with Gasteiger partial charge in [0.15, 0.2) is 5.82 Å². The van der Waals surface area contributed by atoms with Gasteiger partial charge >= 0.3 is 0 Å². The molecule has 1 aromatic heterocycles. The highest BCUT2D eigenvalue weighted by molar-refractivity contribution is 7.99. The smallest absolute Gasteiger partial charge is 0.191 e. The van der Waals surface area contributed by atoms with Gasteiger partial charge in [0, 0.05) is 5.75 Å². The number of hydrogen-bond donors (Lipinski definition) is 0. The Hall–Kier alpha value is -2.40. The third kappa shape index (κ3) is 2.33. The molecule has 2 aromatic carbocycles. The van der Waals surface area contributed by atoms with E-state index in [0.717, 1.165) is 28.0 Å². The second kappa shape index (κ2) is 5.42. The molecule has 1 aliphatic rings. The number of aromatic nitrogens is 3. The largest absolute Gasteiger partial charge is 0.212 e. The average molecular weight is 306 g/mol. The minimum Gasteiger partial charge on any atom is -0.191 e. The molecule has 0 spiro atoms. The summed E-state index contributed by atoms with van der Waals surface area (Å²) < 4.78 is 1.81. The zero-order chi connectivity index (χ0) is 14.9. The van der Waals surface area contributed by atoms with E-state index in [9.17, 15) is 0 Å². The van der Waals surface area contributed by atoms with Gasteiger partial charge in [-0.1, -0.05) is 66.4 Å². The first-order valence-electron chi connectivity index (χ1n) is 7.10. The van der Waals surface area contributed by atoms with Crippen LogP contribution in [0, 0.1) is 6.92 Å². The second-order valence-electron chi connectivity index (χ2n) is 5.12.